The molecule has 0 spiro atoms. The van der Waals surface area contributed by atoms with Gasteiger partial charge in [-0.25, -0.2) is 22.5 Å². The number of carbonyl (C=O) groups excluding carboxylic acids is 3. The minimum absolute atomic E-state index is 0. The van der Waals surface area contributed by atoms with Gasteiger partial charge in [0, 0.05) is 5.38 Å². The predicted octanol–water partition coefficient (Wildman–Crippen LogP) is -5.20. The molecule has 2 rings (SSSR count). The van der Waals surface area contributed by atoms with Gasteiger partial charge >= 0.3 is 35.5 Å². The number of aromatic nitrogens is 1. The van der Waals surface area contributed by atoms with E-state index in [1.165, 1.54) is 5.38 Å². The van der Waals surface area contributed by atoms with Gasteiger partial charge in [0.2, 0.25) is 0 Å². The number of oxime groups is 1. The second-order valence-corrected chi connectivity index (χ2v) is 7.08. The molecule has 148 valence electrons. The quantitative estimate of drug-likeness (QED) is 0.103. The maximum Gasteiger partial charge on any atom is 1.00 e. The largest absolute Gasteiger partial charge is 1.00 e. The van der Waals surface area contributed by atoms with Crippen LogP contribution in [0.25, 0.3) is 0 Å². The zero-order chi connectivity index (χ0) is 20.4. The summed E-state index contributed by atoms with van der Waals surface area (Å²) < 4.78 is 37.6. The molecule has 1 aliphatic rings. The summed E-state index contributed by atoms with van der Waals surface area (Å²) >= 11 is 1.02. The van der Waals surface area contributed by atoms with E-state index in [0.29, 0.717) is 0 Å². The molecule has 2 heterocycles. The number of rotatable bonds is 7. The molecule has 0 radical (unpaired) electrons. The van der Waals surface area contributed by atoms with Crippen LogP contribution >= 0.6 is 11.3 Å². The number of methoxy groups -OCH3 is 1. The van der Waals surface area contributed by atoms with Gasteiger partial charge in [0.1, 0.15) is 18.3 Å². The molecule has 0 aliphatic carbocycles. The maximum atomic E-state index is 12.5. The van der Waals surface area contributed by atoms with Gasteiger partial charge < -0.3 is 25.2 Å². The monoisotopic (exact) mass is 443 g/mol. The Morgan fingerprint density at radius 2 is 2.14 bits per heavy atom. The van der Waals surface area contributed by atoms with Crippen molar-refractivity contribution in [2.75, 3.05) is 19.5 Å². The van der Waals surface area contributed by atoms with Gasteiger partial charge in [-0.05, 0) is 6.92 Å². The van der Waals surface area contributed by atoms with E-state index in [0.717, 1.165) is 18.4 Å². The Balaban J connectivity index is 0.00000392. The first-order valence-corrected chi connectivity index (χ1v) is 9.45. The molecule has 1 aromatic heterocycles. The van der Waals surface area contributed by atoms with E-state index < -0.39 is 40.2 Å². The number of nitrogens with two attached hydrogens (primary N) is 1. The van der Waals surface area contributed by atoms with Crippen LogP contribution in [0.3, 0.4) is 0 Å². The Hall–Kier alpha value is -1.78. The summed E-state index contributed by atoms with van der Waals surface area (Å²) in [7, 11) is -4.34. The van der Waals surface area contributed by atoms with Crippen molar-refractivity contribution in [3.05, 3.63) is 11.1 Å². The van der Waals surface area contributed by atoms with Crippen molar-refractivity contribution in [1.82, 2.24) is 14.6 Å². The smallest absolute Gasteiger partial charge is 0.731 e. The van der Waals surface area contributed by atoms with Crippen LogP contribution in [0.1, 0.15) is 12.6 Å². The number of β-lactam (4-membered cyclic amide) rings is 1. The molecule has 1 aromatic rings. The van der Waals surface area contributed by atoms with Crippen molar-refractivity contribution in [1.29, 1.82) is 0 Å². The number of esters is 1. The van der Waals surface area contributed by atoms with Crippen LogP contribution in [0, 0.1) is 0 Å². The summed E-state index contributed by atoms with van der Waals surface area (Å²) in [5.41, 5.74) is 5.19. The molecule has 13 nitrogen and oxygen atoms in total. The number of ether oxygens (including phenoxy) is 1. The van der Waals surface area contributed by atoms with Crippen molar-refractivity contribution < 1.29 is 66.5 Å². The maximum absolute atomic E-state index is 12.5. The summed E-state index contributed by atoms with van der Waals surface area (Å²) in [4.78, 5) is 44.9. The van der Waals surface area contributed by atoms with Gasteiger partial charge in [0.25, 0.3) is 11.8 Å². The van der Waals surface area contributed by atoms with Gasteiger partial charge in [-0.3, -0.25) is 9.59 Å². The topological polar surface area (TPSA) is 193 Å². The normalized spacial score (nSPS) is 19.3. The SMILES string of the molecule is CCON=C(C(=O)NC1C(=O)N(S(=O)(=O)[O-])C1C(=O)OC)c1csc(N)n1.[Na+]. The Bertz CT molecular complexity index is 902. The van der Waals surface area contributed by atoms with Crippen molar-refractivity contribution >= 4 is 50.3 Å². The average Bonchev–Trinajstić information content (AvgIpc) is 3.01. The van der Waals surface area contributed by atoms with Crippen LogP contribution in [-0.2, 0) is 34.3 Å². The third-order valence-corrected chi connectivity index (χ3v) is 4.85. The molecular formula is C12H14N5NaO8S2. The number of anilines is 1. The first-order chi connectivity index (χ1) is 12.6. The Morgan fingerprint density at radius 1 is 1.50 bits per heavy atom. The van der Waals surface area contributed by atoms with E-state index in [2.05, 4.69) is 20.2 Å². The number of nitrogens with one attached hydrogen (secondary N) is 1. The number of amides is 2. The van der Waals surface area contributed by atoms with Crippen LogP contribution in [0.15, 0.2) is 10.5 Å². The van der Waals surface area contributed by atoms with E-state index in [1.807, 2.05) is 0 Å². The van der Waals surface area contributed by atoms with E-state index in [-0.39, 0.29) is 57.0 Å². The molecule has 2 unspecified atom stereocenters. The van der Waals surface area contributed by atoms with E-state index in [4.69, 9.17) is 10.6 Å². The molecule has 2 amide bonds. The van der Waals surface area contributed by atoms with E-state index in [1.54, 1.807) is 6.92 Å². The third-order valence-electron chi connectivity index (χ3n) is 3.29. The molecule has 1 aliphatic heterocycles. The number of hydrogen-bond donors (Lipinski definition) is 2. The molecule has 28 heavy (non-hydrogen) atoms. The van der Waals surface area contributed by atoms with Gasteiger partial charge in [0.15, 0.2) is 27.2 Å². The molecule has 0 saturated carbocycles. The average molecular weight is 443 g/mol. The second-order valence-electron chi connectivity index (χ2n) is 4.94. The molecule has 0 bridgehead atoms. The van der Waals surface area contributed by atoms with Crippen molar-refractivity contribution in [2.24, 2.45) is 5.16 Å². The molecule has 1 fully saturated rings. The first kappa shape index (κ1) is 24.3. The van der Waals surface area contributed by atoms with Crippen LogP contribution in [0.5, 0.6) is 0 Å². The van der Waals surface area contributed by atoms with Gasteiger partial charge in [-0.15, -0.1) is 11.3 Å². The van der Waals surface area contributed by atoms with Crippen LogP contribution in [0.2, 0.25) is 0 Å². The van der Waals surface area contributed by atoms with E-state index in [9.17, 15) is 27.4 Å². The second kappa shape index (κ2) is 9.62. The molecule has 3 N–H and O–H groups in total. The summed E-state index contributed by atoms with van der Waals surface area (Å²) in [5, 5.41) is 7.26. The number of nitrogen functional groups attached to an aromatic ring is 1. The number of carbonyl (C=O) groups is 3. The van der Waals surface area contributed by atoms with Crippen molar-refractivity contribution in [3.63, 3.8) is 0 Å². The van der Waals surface area contributed by atoms with Gasteiger partial charge in [0.05, 0.1) is 7.11 Å². The minimum Gasteiger partial charge on any atom is -0.731 e. The summed E-state index contributed by atoms with van der Waals surface area (Å²) in [6.45, 7) is 1.72. The zero-order valence-corrected chi connectivity index (χ0v) is 18.6. The van der Waals surface area contributed by atoms with E-state index >= 15 is 0 Å². The van der Waals surface area contributed by atoms with Gasteiger partial charge in [-0.2, -0.15) is 0 Å². The van der Waals surface area contributed by atoms with Gasteiger partial charge in [-0.1, -0.05) is 5.16 Å². The number of thiazole rings is 1. The molecule has 2 atom stereocenters. The molecule has 0 aromatic carbocycles. The molecular weight excluding hydrogens is 429 g/mol. The Labute approximate surface area is 185 Å². The van der Waals surface area contributed by atoms with Crippen LogP contribution < -0.4 is 40.6 Å². The standard InChI is InChI=1S/C12H15N5O8S2.Na/c1-3-25-16-6(5-4-26-12(13)14-5)9(18)15-7-8(11(20)24-2)17(10(7)19)27(21,22)23;/h4,7-8H,3H2,1-2H3,(H2,13,14)(H,15,18)(H,21,22,23);/q;+1/p-1. The number of hydrogen-bond acceptors (Lipinski definition) is 12. The summed E-state index contributed by atoms with van der Waals surface area (Å²) in [6.07, 6.45) is 0. The van der Waals surface area contributed by atoms with Crippen LogP contribution in [0.4, 0.5) is 5.13 Å². The minimum atomic E-state index is -5.27. The molecule has 1 saturated heterocycles. The number of nitrogens with zero attached hydrogens (tertiary/aromatic N) is 3. The fraction of sp³-hybridized carbons (Fsp3) is 0.417. The summed E-state index contributed by atoms with van der Waals surface area (Å²) in [5.74, 6) is -3.48. The Kier molecular flexibility index (Phi) is 8.33. The fourth-order valence-electron chi connectivity index (χ4n) is 2.14. The predicted molar refractivity (Wildman–Crippen MR) is 89.0 cm³/mol. The Morgan fingerprint density at radius 3 is 2.61 bits per heavy atom. The van der Waals surface area contributed by atoms with Crippen LogP contribution in [-0.4, -0.2) is 71.6 Å². The summed E-state index contributed by atoms with van der Waals surface area (Å²) in [6, 6.07) is -3.47. The van der Waals surface area contributed by atoms with Crippen molar-refractivity contribution in [3.8, 4) is 0 Å². The van der Waals surface area contributed by atoms with Crippen molar-refractivity contribution in [2.45, 2.75) is 19.0 Å². The first-order valence-electron chi connectivity index (χ1n) is 7.20. The fourth-order valence-corrected chi connectivity index (χ4v) is 3.51. The third kappa shape index (κ3) is 4.98. The molecule has 16 heteroatoms. The zero-order valence-electron chi connectivity index (χ0n) is 14.9.